The number of halogens is 1. The SMILES string of the molecule is CCCc1c(CC)ccc2[nH]c(CCl)nc12. The molecule has 3 heteroatoms. The summed E-state index contributed by atoms with van der Waals surface area (Å²) < 4.78 is 0. The Labute approximate surface area is 101 Å². The number of aromatic amines is 1. The van der Waals surface area contributed by atoms with Crippen LogP contribution in [0.4, 0.5) is 0 Å². The number of aromatic nitrogens is 2. The number of aryl methyl sites for hydroxylation is 2. The smallest absolute Gasteiger partial charge is 0.122 e. The van der Waals surface area contributed by atoms with Crippen LogP contribution in [0, 0.1) is 0 Å². The Balaban J connectivity index is 2.62. The molecule has 0 aliphatic carbocycles. The highest BCUT2D eigenvalue weighted by molar-refractivity contribution is 6.16. The van der Waals surface area contributed by atoms with E-state index in [1.807, 2.05) is 0 Å². The van der Waals surface area contributed by atoms with Crippen LogP contribution in [0.1, 0.15) is 37.2 Å². The number of hydrogen-bond donors (Lipinski definition) is 1. The van der Waals surface area contributed by atoms with Crippen molar-refractivity contribution in [3.05, 3.63) is 29.1 Å². The molecule has 1 aromatic heterocycles. The summed E-state index contributed by atoms with van der Waals surface area (Å²) in [6.45, 7) is 4.39. The first-order chi connectivity index (χ1) is 7.80. The van der Waals surface area contributed by atoms with Gasteiger partial charge in [-0.05, 0) is 30.0 Å². The van der Waals surface area contributed by atoms with E-state index in [4.69, 9.17) is 11.6 Å². The Bertz CT molecular complexity index is 488. The summed E-state index contributed by atoms with van der Waals surface area (Å²) in [5, 5.41) is 0. The van der Waals surface area contributed by atoms with Gasteiger partial charge in [0.1, 0.15) is 5.82 Å². The second kappa shape index (κ2) is 4.88. The summed E-state index contributed by atoms with van der Waals surface area (Å²) in [7, 11) is 0. The molecule has 0 saturated heterocycles. The van der Waals surface area contributed by atoms with Crippen LogP contribution in [-0.2, 0) is 18.7 Å². The highest BCUT2D eigenvalue weighted by atomic mass is 35.5. The minimum absolute atomic E-state index is 0.446. The molecule has 0 bridgehead atoms. The highest BCUT2D eigenvalue weighted by Gasteiger charge is 2.10. The summed E-state index contributed by atoms with van der Waals surface area (Å²) >= 11 is 5.81. The van der Waals surface area contributed by atoms with Gasteiger partial charge in [0.05, 0.1) is 16.9 Å². The number of imidazole rings is 1. The van der Waals surface area contributed by atoms with Gasteiger partial charge in [-0.3, -0.25) is 0 Å². The standard InChI is InChI=1S/C13H17ClN2/c1-3-5-10-9(4-2)6-7-11-13(10)16-12(8-14)15-11/h6-7H,3-5,8H2,1-2H3,(H,15,16). The van der Waals surface area contributed by atoms with E-state index in [9.17, 15) is 0 Å². The minimum atomic E-state index is 0.446. The Kier molecular flexibility index (Phi) is 3.49. The van der Waals surface area contributed by atoms with Gasteiger partial charge in [-0.25, -0.2) is 4.98 Å². The zero-order chi connectivity index (χ0) is 11.5. The minimum Gasteiger partial charge on any atom is -0.341 e. The van der Waals surface area contributed by atoms with Crippen LogP contribution in [-0.4, -0.2) is 9.97 Å². The molecule has 1 aromatic carbocycles. The number of fused-ring (bicyclic) bond motifs is 1. The van der Waals surface area contributed by atoms with Gasteiger partial charge >= 0.3 is 0 Å². The van der Waals surface area contributed by atoms with Gasteiger partial charge in [0.2, 0.25) is 0 Å². The molecule has 2 aromatic rings. The molecule has 1 heterocycles. The van der Waals surface area contributed by atoms with Gasteiger partial charge in [-0.1, -0.05) is 26.3 Å². The predicted octanol–water partition coefficient (Wildman–Crippen LogP) is 3.82. The highest BCUT2D eigenvalue weighted by Crippen LogP contribution is 2.23. The maximum absolute atomic E-state index is 5.81. The number of benzene rings is 1. The van der Waals surface area contributed by atoms with E-state index in [-0.39, 0.29) is 0 Å². The molecule has 0 fully saturated rings. The van der Waals surface area contributed by atoms with Crippen molar-refractivity contribution in [2.24, 2.45) is 0 Å². The van der Waals surface area contributed by atoms with E-state index >= 15 is 0 Å². The Morgan fingerprint density at radius 3 is 2.75 bits per heavy atom. The molecule has 0 amide bonds. The molecule has 1 N–H and O–H groups in total. The van der Waals surface area contributed by atoms with E-state index in [2.05, 4.69) is 35.9 Å². The normalized spacial score (nSPS) is 11.2. The van der Waals surface area contributed by atoms with Crippen LogP contribution >= 0.6 is 11.6 Å². The zero-order valence-corrected chi connectivity index (χ0v) is 10.6. The molecule has 0 saturated carbocycles. The Morgan fingerprint density at radius 2 is 2.12 bits per heavy atom. The molecule has 0 unspecified atom stereocenters. The van der Waals surface area contributed by atoms with Crippen LogP contribution in [0.15, 0.2) is 12.1 Å². The van der Waals surface area contributed by atoms with Crippen molar-refractivity contribution < 1.29 is 0 Å². The molecule has 0 aliphatic heterocycles. The number of hydrogen-bond acceptors (Lipinski definition) is 1. The fraction of sp³-hybridized carbons (Fsp3) is 0.462. The summed E-state index contributed by atoms with van der Waals surface area (Å²) in [4.78, 5) is 7.82. The van der Waals surface area contributed by atoms with E-state index < -0.39 is 0 Å². The van der Waals surface area contributed by atoms with Gasteiger partial charge in [0, 0.05) is 0 Å². The fourth-order valence-electron chi connectivity index (χ4n) is 2.15. The van der Waals surface area contributed by atoms with E-state index in [1.54, 1.807) is 0 Å². The molecular formula is C13H17ClN2. The van der Waals surface area contributed by atoms with Crippen molar-refractivity contribution in [3.63, 3.8) is 0 Å². The molecular weight excluding hydrogens is 220 g/mol. The average molecular weight is 237 g/mol. The van der Waals surface area contributed by atoms with Crippen molar-refractivity contribution in [1.82, 2.24) is 9.97 Å². The van der Waals surface area contributed by atoms with Crippen LogP contribution in [0.2, 0.25) is 0 Å². The van der Waals surface area contributed by atoms with Crippen molar-refractivity contribution in [1.29, 1.82) is 0 Å². The van der Waals surface area contributed by atoms with Gasteiger partial charge < -0.3 is 4.98 Å². The lowest BCUT2D eigenvalue weighted by molar-refractivity contribution is 0.905. The summed E-state index contributed by atoms with van der Waals surface area (Å²) in [6, 6.07) is 4.31. The fourth-order valence-corrected chi connectivity index (χ4v) is 2.28. The first kappa shape index (κ1) is 11.5. The molecule has 0 radical (unpaired) electrons. The van der Waals surface area contributed by atoms with E-state index in [1.165, 1.54) is 11.1 Å². The molecule has 2 rings (SSSR count). The van der Waals surface area contributed by atoms with Gasteiger partial charge in [0.15, 0.2) is 0 Å². The number of nitrogens with one attached hydrogen (secondary N) is 1. The summed E-state index contributed by atoms with van der Waals surface area (Å²) in [5.74, 6) is 1.31. The largest absolute Gasteiger partial charge is 0.341 e. The lowest BCUT2D eigenvalue weighted by Crippen LogP contribution is -1.94. The van der Waals surface area contributed by atoms with Crippen molar-refractivity contribution >= 4 is 22.6 Å². The first-order valence-electron chi connectivity index (χ1n) is 5.85. The average Bonchev–Trinajstić information content (AvgIpc) is 2.73. The number of nitrogens with zero attached hydrogens (tertiary/aromatic N) is 1. The first-order valence-corrected chi connectivity index (χ1v) is 6.38. The van der Waals surface area contributed by atoms with Gasteiger partial charge in [-0.2, -0.15) is 0 Å². The van der Waals surface area contributed by atoms with E-state index in [0.29, 0.717) is 5.88 Å². The van der Waals surface area contributed by atoms with Crippen LogP contribution < -0.4 is 0 Å². The monoisotopic (exact) mass is 236 g/mol. The van der Waals surface area contributed by atoms with E-state index in [0.717, 1.165) is 36.1 Å². The maximum atomic E-state index is 5.81. The van der Waals surface area contributed by atoms with Crippen LogP contribution in [0.5, 0.6) is 0 Å². The predicted molar refractivity (Wildman–Crippen MR) is 69.0 cm³/mol. The van der Waals surface area contributed by atoms with Gasteiger partial charge in [0.25, 0.3) is 0 Å². The Morgan fingerprint density at radius 1 is 1.31 bits per heavy atom. The van der Waals surface area contributed by atoms with Crippen molar-refractivity contribution in [2.75, 3.05) is 0 Å². The molecule has 0 aliphatic rings. The number of alkyl halides is 1. The third-order valence-corrected chi connectivity index (χ3v) is 3.17. The lowest BCUT2D eigenvalue weighted by atomic mass is 10.00. The molecule has 0 atom stereocenters. The van der Waals surface area contributed by atoms with Crippen LogP contribution in [0.25, 0.3) is 11.0 Å². The number of rotatable bonds is 4. The molecule has 86 valence electrons. The maximum Gasteiger partial charge on any atom is 0.122 e. The zero-order valence-electron chi connectivity index (χ0n) is 9.81. The second-order valence-electron chi connectivity index (χ2n) is 4.02. The number of H-pyrrole nitrogens is 1. The third-order valence-electron chi connectivity index (χ3n) is 2.91. The molecule has 0 spiro atoms. The summed E-state index contributed by atoms with van der Waals surface area (Å²) in [6.07, 6.45) is 3.30. The lowest BCUT2D eigenvalue weighted by Gasteiger charge is -2.06. The molecule has 2 nitrogen and oxygen atoms in total. The Hall–Kier alpha value is -1.02. The molecule has 16 heavy (non-hydrogen) atoms. The van der Waals surface area contributed by atoms with Gasteiger partial charge in [-0.15, -0.1) is 11.6 Å². The second-order valence-corrected chi connectivity index (χ2v) is 4.29. The third kappa shape index (κ3) is 1.94. The van der Waals surface area contributed by atoms with Crippen molar-refractivity contribution in [3.8, 4) is 0 Å². The summed E-state index contributed by atoms with van der Waals surface area (Å²) in [5.41, 5.74) is 5.00. The topological polar surface area (TPSA) is 28.7 Å². The quantitative estimate of drug-likeness (QED) is 0.804. The van der Waals surface area contributed by atoms with Crippen molar-refractivity contribution in [2.45, 2.75) is 39.0 Å². The van der Waals surface area contributed by atoms with Crippen LogP contribution in [0.3, 0.4) is 0 Å².